The lowest BCUT2D eigenvalue weighted by atomic mass is 9.99. The van der Waals surface area contributed by atoms with E-state index in [0.717, 1.165) is 5.56 Å². The maximum atomic E-state index is 12.3. The van der Waals surface area contributed by atoms with Crippen LogP contribution in [0.2, 0.25) is 0 Å². The van der Waals surface area contributed by atoms with E-state index in [1.165, 1.54) is 5.56 Å². The van der Waals surface area contributed by atoms with Gasteiger partial charge in [0.15, 0.2) is 0 Å². The Morgan fingerprint density at radius 1 is 1.33 bits per heavy atom. The molecule has 0 radical (unpaired) electrons. The summed E-state index contributed by atoms with van der Waals surface area (Å²) in [5.41, 5.74) is 8.44. The summed E-state index contributed by atoms with van der Waals surface area (Å²) in [6.45, 7) is 4.59. The Morgan fingerprint density at radius 2 is 1.93 bits per heavy atom. The van der Waals surface area contributed by atoms with Crippen LogP contribution in [0.5, 0.6) is 0 Å². The minimum atomic E-state index is 0.280. The summed E-state index contributed by atoms with van der Waals surface area (Å²) in [5, 5.41) is 0. The quantitative estimate of drug-likeness (QED) is 0.806. The lowest BCUT2D eigenvalue weighted by molar-refractivity contribution is 0.699. The van der Waals surface area contributed by atoms with Gasteiger partial charge in [-0.2, -0.15) is 0 Å². The zero-order valence-electron chi connectivity index (χ0n) is 9.33. The van der Waals surface area contributed by atoms with Crippen LogP contribution in [0.25, 0.3) is 0 Å². The number of benzene rings is 1. The maximum absolute atomic E-state index is 12.3. The summed E-state index contributed by atoms with van der Waals surface area (Å²) in [6.07, 6.45) is 1.21. The van der Waals surface area contributed by atoms with Crippen molar-refractivity contribution in [3.05, 3.63) is 47.3 Å². The minimum Gasteiger partial charge on any atom is -0.327 e. The van der Waals surface area contributed by atoms with Gasteiger partial charge in [0.05, 0.1) is 6.33 Å². The summed E-state index contributed by atoms with van der Waals surface area (Å²) in [5.74, 6) is 0.532. The Hall–Kier alpha value is -1.15. The summed E-state index contributed by atoms with van der Waals surface area (Å²) < 4.78 is 12.3. The van der Waals surface area contributed by atoms with Crippen molar-refractivity contribution in [3.63, 3.8) is 0 Å². The molecule has 0 spiro atoms. The molecule has 0 aliphatic rings. The van der Waals surface area contributed by atoms with Gasteiger partial charge in [0.1, 0.15) is 0 Å². The normalized spacial score (nSPS) is 12.2. The molecule has 0 bridgehead atoms. The van der Waals surface area contributed by atoms with Crippen LogP contribution in [-0.4, -0.2) is 6.54 Å². The fraction of sp³-hybridized carbons (Fsp3) is 0.385. The maximum Gasteiger partial charge on any atom is 0.0875 e. The molecule has 0 unspecified atom stereocenters. The molecule has 82 valence electrons. The third kappa shape index (κ3) is 3.48. The smallest absolute Gasteiger partial charge is 0.0875 e. The van der Waals surface area contributed by atoms with Crippen molar-refractivity contribution in [2.45, 2.75) is 26.2 Å². The van der Waals surface area contributed by atoms with Crippen molar-refractivity contribution in [2.24, 2.45) is 5.73 Å². The molecular weight excluding hydrogens is 189 g/mol. The van der Waals surface area contributed by atoms with Gasteiger partial charge in [-0.05, 0) is 29.0 Å². The molecule has 15 heavy (non-hydrogen) atoms. The van der Waals surface area contributed by atoms with Crippen LogP contribution in [-0.2, 0) is 6.42 Å². The van der Waals surface area contributed by atoms with E-state index in [0.29, 0.717) is 24.2 Å². The van der Waals surface area contributed by atoms with Crippen molar-refractivity contribution in [3.8, 4) is 0 Å². The van der Waals surface area contributed by atoms with Crippen LogP contribution in [0, 0.1) is 0 Å². The second-order valence-corrected chi connectivity index (χ2v) is 4.04. The van der Waals surface area contributed by atoms with Gasteiger partial charge in [-0.3, -0.25) is 0 Å². The predicted molar refractivity (Wildman–Crippen MR) is 62.5 cm³/mol. The molecule has 0 amide bonds. The van der Waals surface area contributed by atoms with Crippen molar-refractivity contribution in [1.29, 1.82) is 0 Å². The third-order valence-electron chi connectivity index (χ3n) is 2.49. The van der Waals surface area contributed by atoms with Crippen LogP contribution in [0.4, 0.5) is 4.39 Å². The van der Waals surface area contributed by atoms with Crippen LogP contribution < -0.4 is 5.73 Å². The highest BCUT2D eigenvalue weighted by Gasteiger charge is 2.01. The van der Waals surface area contributed by atoms with Crippen molar-refractivity contribution in [2.75, 3.05) is 6.54 Å². The third-order valence-corrected chi connectivity index (χ3v) is 2.49. The van der Waals surface area contributed by atoms with E-state index in [2.05, 4.69) is 26.0 Å². The van der Waals surface area contributed by atoms with E-state index in [9.17, 15) is 4.39 Å². The van der Waals surface area contributed by atoms with Crippen LogP contribution in [0.1, 0.15) is 30.9 Å². The molecule has 2 heteroatoms. The number of halogens is 1. The lowest BCUT2D eigenvalue weighted by Gasteiger charge is -2.07. The summed E-state index contributed by atoms with van der Waals surface area (Å²) in [7, 11) is 0. The topological polar surface area (TPSA) is 26.0 Å². The molecule has 0 atom stereocenters. The van der Waals surface area contributed by atoms with Gasteiger partial charge in [0, 0.05) is 6.54 Å². The molecule has 0 aliphatic heterocycles. The van der Waals surface area contributed by atoms with E-state index >= 15 is 0 Å². The van der Waals surface area contributed by atoms with E-state index < -0.39 is 0 Å². The molecule has 1 rings (SSSR count). The summed E-state index contributed by atoms with van der Waals surface area (Å²) >= 11 is 0. The second-order valence-electron chi connectivity index (χ2n) is 4.04. The van der Waals surface area contributed by atoms with Gasteiger partial charge in [0.25, 0.3) is 0 Å². The molecular formula is C13H18FN. The lowest BCUT2D eigenvalue weighted by Crippen LogP contribution is -2.05. The van der Waals surface area contributed by atoms with Crippen LogP contribution >= 0.6 is 0 Å². The molecule has 1 aromatic carbocycles. The first-order valence-electron chi connectivity index (χ1n) is 5.24. The van der Waals surface area contributed by atoms with E-state index in [1.807, 2.05) is 12.1 Å². The van der Waals surface area contributed by atoms with E-state index in [4.69, 9.17) is 5.73 Å². The highest BCUT2D eigenvalue weighted by Crippen LogP contribution is 2.16. The zero-order valence-corrected chi connectivity index (χ0v) is 9.33. The van der Waals surface area contributed by atoms with Crippen molar-refractivity contribution >= 4 is 0 Å². The van der Waals surface area contributed by atoms with Crippen molar-refractivity contribution < 1.29 is 4.39 Å². The average Bonchev–Trinajstić information content (AvgIpc) is 2.26. The fourth-order valence-corrected chi connectivity index (χ4v) is 1.44. The molecule has 2 N–H and O–H groups in total. The molecule has 0 fully saturated rings. The number of rotatable bonds is 4. The first kappa shape index (κ1) is 11.9. The molecule has 0 aliphatic carbocycles. The van der Waals surface area contributed by atoms with Gasteiger partial charge in [-0.15, -0.1) is 0 Å². The molecule has 0 aromatic heterocycles. The van der Waals surface area contributed by atoms with Gasteiger partial charge < -0.3 is 5.73 Å². The Bertz CT molecular complexity index is 325. The monoisotopic (exact) mass is 207 g/mol. The highest BCUT2D eigenvalue weighted by molar-refractivity contribution is 5.27. The fourth-order valence-electron chi connectivity index (χ4n) is 1.44. The molecule has 0 saturated heterocycles. The standard InChI is InChI=1S/C13H18FN/c1-10(2)13-5-3-11(4-6-13)7-12(8-14)9-15/h3-6,8,10H,7,9,15H2,1-2H3. The molecule has 0 saturated carbocycles. The molecule has 1 aromatic rings. The van der Waals surface area contributed by atoms with E-state index in [1.54, 1.807) is 0 Å². The summed E-state index contributed by atoms with van der Waals surface area (Å²) in [4.78, 5) is 0. The average molecular weight is 207 g/mol. The first-order valence-corrected chi connectivity index (χ1v) is 5.24. The summed E-state index contributed by atoms with van der Waals surface area (Å²) in [6, 6.07) is 8.25. The Balaban J connectivity index is 2.72. The largest absolute Gasteiger partial charge is 0.327 e. The number of nitrogens with two attached hydrogens (primary N) is 1. The number of hydrogen-bond acceptors (Lipinski definition) is 1. The molecule has 0 heterocycles. The van der Waals surface area contributed by atoms with Crippen LogP contribution in [0.3, 0.4) is 0 Å². The van der Waals surface area contributed by atoms with Crippen molar-refractivity contribution in [1.82, 2.24) is 0 Å². The second kappa shape index (κ2) is 5.66. The van der Waals surface area contributed by atoms with E-state index in [-0.39, 0.29) is 6.54 Å². The first-order chi connectivity index (χ1) is 7.17. The SMILES string of the molecule is CC(C)c1ccc(CC(=CF)CN)cc1. The highest BCUT2D eigenvalue weighted by atomic mass is 19.1. The van der Waals surface area contributed by atoms with Crippen LogP contribution in [0.15, 0.2) is 36.2 Å². The molecule has 1 nitrogen and oxygen atoms in total. The minimum absolute atomic E-state index is 0.280. The zero-order chi connectivity index (χ0) is 11.3. The van der Waals surface area contributed by atoms with Gasteiger partial charge in [-0.25, -0.2) is 4.39 Å². The Morgan fingerprint density at radius 3 is 2.33 bits per heavy atom. The Kier molecular flexibility index (Phi) is 4.50. The van der Waals surface area contributed by atoms with Gasteiger partial charge >= 0.3 is 0 Å². The number of hydrogen-bond donors (Lipinski definition) is 1. The predicted octanol–water partition coefficient (Wildman–Crippen LogP) is 3.16. The van der Waals surface area contributed by atoms with Gasteiger partial charge in [0.2, 0.25) is 0 Å². The Labute approximate surface area is 90.8 Å². The van der Waals surface area contributed by atoms with Gasteiger partial charge in [-0.1, -0.05) is 38.1 Å².